The molecule has 2 atom stereocenters. The normalized spacial score (nSPS) is 19.8. The number of fused-ring (bicyclic) bond motifs is 1. The molecular weight excluding hydrogens is 282 g/mol. The molecule has 0 radical (unpaired) electrons. The molecule has 1 aromatic heterocycles. The second-order valence-corrected chi connectivity index (χ2v) is 6.29. The fourth-order valence-electron chi connectivity index (χ4n) is 3.09. The van der Waals surface area contributed by atoms with E-state index < -0.39 is 0 Å². The summed E-state index contributed by atoms with van der Waals surface area (Å²) in [7, 11) is 0. The van der Waals surface area contributed by atoms with Crippen molar-refractivity contribution in [2.75, 3.05) is 6.54 Å². The van der Waals surface area contributed by atoms with Crippen molar-refractivity contribution in [1.29, 1.82) is 0 Å². The molecule has 0 bridgehead atoms. The zero-order chi connectivity index (χ0) is 14.8. The second-order valence-electron chi connectivity index (χ2n) is 5.28. The smallest absolute Gasteiger partial charge is 0.255 e. The standard InChI is InChI=1S/C16H19N3OS/c1-11-13-8-10-21-14(13)7-9-19(11)15(16(20)18-17)12-5-3-2-4-6-12/h2-6,8,10-11,15H,7,9,17H2,1H3,(H,18,20). The fraction of sp³-hybridized carbons (Fsp3) is 0.312. The van der Waals surface area contributed by atoms with Crippen molar-refractivity contribution >= 4 is 17.2 Å². The summed E-state index contributed by atoms with van der Waals surface area (Å²) in [5.41, 5.74) is 4.63. The van der Waals surface area contributed by atoms with Crippen molar-refractivity contribution < 1.29 is 4.79 Å². The Morgan fingerprint density at radius 1 is 1.38 bits per heavy atom. The lowest BCUT2D eigenvalue weighted by molar-refractivity contribution is -0.128. The van der Waals surface area contributed by atoms with Crippen molar-refractivity contribution in [2.45, 2.75) is 25.4 Å². The Morgan fingerprint density at radius 2 is 2.14 bits per heavy atom. The summed E-state index contributed by atoms with van der Waals surface area (Å²) < 4.78 is 0. The molecule has 0 aliphatic carbocycles. The third kappa shape index (κ3) is 2.60. The van der Waals surface area contributed by atoms with Gasteiger partial charge in [-0.15, -0.1) is 11.3 Å². The first-order chi connectivity index (χ1) is 10.2. The van der Waals surface area contributed by atoms with E-state index in [1.807, 2.05) is 30.3 Å². The first-order valence-corrected chi connectivity index (χ1v) is 7.97. The van der Waals surface area contributed by atoms with Crippen LogP contribution in [0, 0.1) is 0 Å². The van der Waals surface area contributed by atoms with Crippen molar-refractivity contribution in [2.24, 2.45) is 5.84 Å². The minimum absolute atomic E-state index is 0.160. The van der Waals surface area contributed by atoms with Gasteiger partial charge >= 0.3 is 0 Å². The average Bonchev–Trinajstić information content (AvgIpc) is 3.00. The molecule has 2 unspecified atom stereocenters. The molecule has 0 saturated heterocycles. The van der Waals surface area contributed by atoms with Crippen LogP contribution in [0.2, 0.25) is 0 Å². The van der Waals surface area contributed by atoms with Crippen LogP contribution in [0.25, 0.3) is 0 Å². The summed E-state index contributed by atoms with van der Waals surface area (Å²) in [5, 5.41) is 2.13. The van der Waals surface area contributed by atoms with Gasteiger partial charge < -0.3 is 0 Å². The third-order valence-corrected chi connectivity index (χ3v) is 5.16. The summed E-state index contributed by atoms with van der Waals surface area (Å²) in [4.78, 5) is 16.0. The van der Waals surface area contributed by atoms with E-state index in [1.165, 1.54) is 10.4 Å². The maximum atomic E-state index is 12.3. The molecule has 1 aliphatic rings. The molecular formula is C16H19N3OS. The van der Waals surface area contributed by atoms with Crippen LogP contribution in [0.4, 0.5) is 0 Å². The number of rotatable bonds is 3. The van der Waals surface area contributed by atoms with Gasteiger partial charge in [-0.05, 0) is 35.9 Å². The van der Waals surface area contributed by atoms with Gasteiger partial charge in [0.1, 0.15) is 6.04 Å². The highest BCUT2D eigenvalue weighted by molar-refractivity contribution is 7.10. The van der Waals surface area contributed by atoms with E-state index in [-0.39, 0.29) is 18.0 Å². The van der Waals surface area contributed by atoms with Crippen LogP contribution in [-0.2, 0) is 11.2 Å². The van der Waals surface area contributed by atoms with Gasteiger partial charge in [-0.25, -0.2) is 5.84 Å². The number of amides is 1. The molecule has 5 heteroatoms. The summed E-state index contributed by atoms with van der Waals surface area (Å²) in [6.45, 7) is 3.02. The third-order valence-electron chi connectivity index (χ3n) is 4.16. The SMILES string of the molecule is CC1c2ccsc2CCN1C(C(=O)NN)c1ccccc1. The van der Waals surface area contributed by atoms with Gasteiger partial charge in [0.15, 0.2) is 0 Å². The Hall–Kier alpha value is -1.69. The highest BCUT2D eigenvalue weighted by Gasteiger charge is 2.34. The van der Waals surface area contributed by atoms with Gasteiger partial charge in [-0.3, -0.25) is 15.1 Å². The minimum atomic E-state index is -0.348. The van der Waals surface area contributed by atoms with Gasteiger partial charge in [-0.1, -0.05) is 30.3 Å². The monoisotopic (exact) mass is 301 g/mol. The summed E-state index contributed by atoms with van der Waals surface area (Å²) in [5.74, 6) is 5.25. The van der Waals surface area contributed by atoms with Gasteiger partial charge in [0, 0.05) is 17.5 Å². The Balaban J connectivity index is 1.96. The molecule has 4 nitrogen and oxygen atoms in total. The topological polar surface area (TPSA) is 58.4 Å². The lowest BCUT2D eigenvalue weighted by atomic mass is 9.95. The number of hydrogen-bond donors (Lipinski definition) is 2. The predicted octanol–water partition coefficient (Wildman–Crippen LogP) is 2.40. The quantitative estimate of drug-likeness (QED) is 0.520. The largest absolute Gasteiger partial charge is 0.293 e. The second kappa shape index (κ2) is 5.97. The summed E-state index contributed by atoms with van der Waals surface area (Å²) in [6, 6.07) is 11.9. The van der Waals surface area contributed by atoms with Gasteiger partial charge in [-0.2, -0.15) is 0 Å². The zero-order valence-electron chi connectivity index (χ0n) is 12.0. The van der Waals surface area contributed by atoms with E-state index in [0.717, 1.165) is 18.5 Å². The van der Waals surface area contributed by atoms with E-state index in [2.05, 4.69) is 28.7 Å². The molecule has 0 saturated carbocycles. The van der Waals surface area contributed by atoms with E-state index in [0.29, 0.717) is 0 Å². The van der Waals surface area contributed by atoms with Gasteiger partial charge in [0.25, 0.3) is 5.91 Å². The predicted molar refractivity (Wildman–Crippen MR) is 84.7 cm³/mol. The molecule has 0 spiro atoms. The maximum Gasteiger partial charge on any atom is 0.255 e. The molecule has 2 heterocycles. The van der Waals surface area contributed by atoms with E-state index in [9.17, 15) is 4.79 Å². The zero-order valence-corrected chi connectivity index (χ0v) is 12.8. The van der Waals surface area contributed by atoms with E-state index in [1.54, 1.807) is 11.3 Å². The van der Waals surface area contributed by atoms with Crippen molar-refractivity contribution in [1.82, 2.24) is 10.3 Å². The number of nitrogens with two attached hydrogens (primary N) is 1. The molecule has 3 N–H and O–H groups in total. The summed E-state index contributed by atoms with van der Waals surface area (Å²) in [6.07, 6.45) is 0.985. The number of nitrogens with zero attached hydrogens (tertiary/aromatic N) is 1. The number of carbonyl (C=O) groups is 1. The lowest BCUT2D eigenvalue weighted by Gasteiger charge is -2.38. The number of carbonyl (C=O) groups excluding carboxylic acids is 1. The first kappa shape index (κ1) is 14.3. The molecule has 1 aliphatic heterocycles. The maximum absolute atomic E-state index is 12.3. The summed E-state index contributed by atoms with van der Waals surface area (Å²) >= 11 is 1.80. The van der Waals surface area contributed by atoms with Crippen molar-refractivity contribution in [3.05, 3.63) is 57.8 Å². The van der Waals surface area contributed by atoms with Crippen LogP contribution in [0.3, 0.4) is 0 Å². The number of nitrogens with one attached hydrogen (secondary N) is 1. The molecule has 1 aromatic carbocycles. The number of hydrogen-bond acceptors (Lipinski definition) is 4. The first-order valence-electron chi connectivity index (χ1n) is 7.09. The number of hydrazine groups is 1. The van der Waals surface area contributed by atoms with Gasteiger partial charge in [0.2, 0.25) is 0 Å². The molecule has 3 rings (SSSR count). The Kier molecular flexibility index (Phi) is 4.05. The highest BCUT2D eigenvalue weighted by atomic mass is 32.1. The van der Waals surface area contributed by atoms with E-state index >= 15 is 0 Å². The number of thiophene rings is 1. The number of benzene rings is 1. The fourth-order valence-corrected chi connectivity index (χ4v) is 4.05. The highest BCUT2D eigenvalue weighted by Crippen LogP contribution is 2.38. The Labute approximate surface area is 128 Å². The van der Waals surface area contributed by atoms with Crippen LogP contribution in [0.1, 0.15) is 35.0 Å². The van der Waals surface area contributed by atoms with Crippen LogP contribution in [0.5, 0.6) is 0 Å². The average molecular weight is 301 g/mol. The van der Waals surface area contributed by atoms with Crippen LogP contribution in [0.15, 0.2) is 41.8 Å². The van der Waals surface area contributed by atoms with Crippen LogP contribution in [-0.4, -0.2) is 17.4 Å². The van der Waals surface area contributed by atoms with Crippen molar-refractivity contribution in [3.8, 4) is 0 Å². The van der Waals surface area contributed by atoms with Crippen LogP contribution >= 0.6 is 11.3 Å². The lowest BCUT2D eigenvalue weighted by Crippen LogP contribution is -2.46. The molecule has 110 valence electrons. The molecule has 0 fully saturated rings. The molecule has 2 aromatic rings. The molecule has 1 amide bonds. The Morgan fingerprint density at radius 3 is 2.86 bits per heavy atom. The van der Waals surface area contributed by atoms with Crippen LogP contribution < -0.4 is 11.3 Å². The van der Waals surface area contributed by atoms with Crippen molar-refractivity contribution in [3.63, 3.8) is 0 Å². The Bertz CT molecular complexity index is 625. The minimum Gasteiger partial charge on any atom is -0.293 e. The van der Waals surface area contributed by atoms with E-state index in [4.69, 9.17) is 5.84 Å². The van der Waals surface area contributed by atoms with Gasteiger partial charge in [0.05, 0.1) is 0 Å². The molecule has 21 heavy (non-hydrogen) atoms.